The molecule has 1 saturated carbocycles. The van der Waals surface area contributed by atoms with Crippen molar-refractivity contribution in [1.82, 2.24) is 5.32 Å². The summed E-state index contributed by atoms with van der Waals surface area (Å²) in [6.45, 7) is 0.710. The lowest BCUT2D eigenvalue weighted by Gasteiger charge is -2.36. The molecule has 0 bridgehead atoms. The Morgan fingerprint density at radius 3 is 2.72 bits per heavy atom. The topological polar surface area (TPSA) is 49.3 Å². The van der Waals surface area contributed by atoms with Gasteiger partial charge in [-0.1, -0.05) is 28.8 Å². The van der Waals surface area contributed by atoms with Gasteiger partial charge >= 0.3 is 0 Å². The van der Waals surface area contributed by atoms with Crippen molar-refractivity contribution in [2.45, 2.75) is 37.7 Å². The summed E-state index contributed by atoms with van der Waals surface area (Å²) in [5, 5.41) is 12.3. The minimum atomic E-state index is -0.0356. The van der Waals surface area contributed by atoms with E-state index in [1.54, 1.807) is 0 Å². The van der Waals surface area contributed by atoms with Crippen LogP contribution in [0.5, 0.6) is 0 Å². The number of nitrogens with one attached hydrogen (secondary N) is 1. The molecule has 0 unspecified atom stereocenters. The summed E-state index contributed by atoms with van der Waals surface area (Å²) >= 11 is 3.60. The lowest BCUT2D eigenvalue weighted by molar-refractivity contribution is 0.0924. The molecule has 0 saturated heterocycles. The van der Waals surface area contributed by atoms with E-state index in [9.17, 15) is 9.90 Å². The van der Waals surface area contributed by atoms with E-state index in [-0.39, 0.29) is 17.9 Å². The van der Waals surface area contributed by atoms with Gasteiger partial charge in [-0.3, -0.25) is 4.79 Å². The number of halogens is 1. The lowest BCUT2D eigenvalue weighted by atomic mass is 9.74. The Morgan fingerprint density at radius 2 is 2.06 bits per heavy atom. The second-order valence-electron chi connectivity index (χ2n) is 5.33. The van der Waals surface area contributed by atoms with E-state index in [1.165, 1.54) is 12.8 Å². The monoisotopic (exact) mass is 309 g/mol. The Labute approximate surface area is 115 Å². The molecule has 3 rings (SSSR count). The molecule has 2 aliphatic rings. The summed E-state index contributed by atoms with van der Waals surface area (Å²) in [6, 6.07) is 3.77. The third kappa shape index (κ3) is 1.70. The number of fused-ring (bicyclic) bond motifs is 2. The van der Waals surface area contributed by atoms with Crippen LogP contribution in [-0.2, 0) is 12.0 Å². The van der Waals surface area contributed by atoms with Crippen molar-refractivity contribution >= 4 is 21.8 Å². The van der Waals surface area contributed by atoms with Crippen LogP contribution in [0.25, 0.3) is 0 Å². The third-order valence-electron chi connectivity index (χ3n) is 4.26. The molecule has 4 heteroatoms. The number of amides is 1. The SMILES string of the molecule is O=C1NCC2(CCCC2)c2c(Br)cc(CO)cc21. The Hall–Kier alpha value is -0.870. The highest BCUT2D eigenvalue weighted by atomic mass is 79.9. The van der Waals surface area contributed by atoms with Crippen LogP contribution in [0.1, 0.15) is 47.2 Å². The van der Waals surface area contributed by atoms with Crippen LogP contribution >= 0.6 is 15.9 Å². The van der Waals surface area contributed by atoms with E-state index in [0.717, 1.165) is 40.5 Å². The number of carbonyl (C=O) groups excluding carboxylic acids is 1. The van der Waals surface area contributed by atoms with Gasteiger partial charge in [-0.25, -0.2) is 0 Å². The molecule has 1 fully saturated rings. The Balaban J connectivity index is 2.20. The fraction of sp³-hybridized carbons (Fsp3) is 0.500. The van der Waals surface area contributed by atoms with Crippen LogP contribution in [-0.4, -0.2) is 17.6 Å². The molecule has 1 aliphatic carbocycles. The Kier molecular flexibility index (Phi) is 2.94. The van der Waals surface area contributed by atoms with Crippen LogP contribution in [0, 0.1) is 0 Å². The van der Waals surface area contributed by atoms with Gasteiger partial charge in [0.05, 0.1) is 6.61 Å². The van der Waals surface area contributed by atoms with Crippen molar-refractivity contribution in [2.75, 3.05) is 6.54 Å². The van der Waals surface area contributed by atoms with Crippen molar-refractivity contribution in [3.05, 3.63) is 33.3 Å². The van der Waals surface area contributed by atoms with E-state index in [0.29, 0.717) is 0 Å². The molecule has 1 aromatic rings. The average molecular weight is 310 g/mol. The number of hydrogen-bond donors (Lipinski definition) is 2. The molecule has 96 valence electrons. The van der Waals surface area contributed by atoms with Crippen LogP contribution < -0.4 is 5.32 Å². The summed E-state index contributed by atoms with van der Waals surface area (Å²) in [5.74, 6) is -0.0153. The highest BCUT2D eigenvalue weighted by Crippen LogP contribution is 2.46. The molecule has 18 heavy (non-hydrogen) atoms. The number of rotatable bonds is 1. The molecular weight excluding hydrogens is 294 g/mol. The predicted octanol–water partition coefficient (Wildman–Crippen LogP) is 2.50. The molecule has 1 aromatic carbocycles. The summed E-state index contributed by atoms with van der Waals surface area (Å²) < 4.78 is 0.973. The van der Waals surface area contributed by atoms with Crippen LogP contribution in [0.2, 0.25) is 0 Å². The first-order valence-corrected chi connectivity index (χ1v) is 7.17. The molecule has 2 N–H and O–H groups in total. The largest absolute Gasteiger partial charge is 0.392 e. The fourth-order valence-electron chi connectivity index (χ4n) is 3.38. The van der Waals surface area contributed by atoms with Gasteiger partial charge in [-0.2, -0.15) is 0 Å². The van der Waals surface area contributed by atoms with Gasteiger partial charge in [0.15, 0.2) is 0 Å². The van der Waals surface area contributed by atoms with E-state index < -0.39 is 0 Å². The first-order chi connectivity index (χ1) is 8.66. The summed E-state index contributed by atoms with van der Waals surface area (Å²) in [5.41, 5.74) is 2.78. The lowest BCUT2D eigenvalue weighted by Crippen LogP contribution is -2.45. The van der Waals surface area contributed by atoms with Crippen molar-refractivity contribution < 1.29 is 9.90 Å². The van der Waals surface area contributed by atoms with Gasteiger partial charge in [0.1, 0.15) is 0 Å². The maximum atomic E-state index is 12.0. The maximum absolute atomic E-state index is 12.0. The van der Waals surface area contributed by atoms with E-state index in [1.807, 2.05) is 12.1 Å². The molecule has 0 radical (unpaired) electrons. The highest BCUT2D eigenvalue weighted by Gasteiger charge is 2.42. The zero-order chi connectivity index (χ0) is 12.8. The van der Waals surface area contributed by atoms with Gasteiger partial charge in [-0.05, 0) is 36.1 Å². The van der Waals surface area contributed by atoms with Crippen molar-refractivity contribution in [3.63, 3.8) is 0 Å². The number of carbonyl (C=O) groups is 1. The number of aliphatic hydroxyl groups excluding tert-OH is 1. The molecule has 1 heterocycles. The van der Waals surface area contributed by atoms with Gasteiger partial charge < -0.3 is 10.4 Å². The van der Waals surface area contributed by atoms with Crippen LogP contribution in [0.15, 0.2) is 16.6 Å². The standard InChI is InChI=1S/C14H16BrNO2/c15-11-6-9(7-17)5-10-12(11)14(3-1-2-4-14)8-16-13(10)18/h5-6,17H,1-4,7-8H2,(H,16,18). The molecule has 1 amide bonds. The normalized spacial score (nSPS) is 20.9. The zero-order valence-corrected chi connectivity index (χ0v) is 11.7. The smallest absolute Gasteiger partial charge is 0.251 e. The zero-order valence-electron chi connectivity index (χ0n) is 10.1. The Bertz CT molecular complexity index is 507. The second kappa shape index (κ2) is 4.35. The fourth-order valence-corrected chi connectivity index (χ4v) is 4.31. The molecule has 0 atom stereocenters. The Morgan fingerprint density at radius 1 is 1.33 bits per heavy atom. The average Bonchev–Trinajstić information content (AvgIpc) is 2.83. The van der Waals surface area contributed by atoms with Crippen LogP contribution in [0.3, 0.4) is 0 Å². The molecule has 0 aromatic heterocycles. The first-order valence-electron chi connectivity index (χ1n) is 6.38. The minimum absolute atomic E-state index is 0.0153. The second-order valence-corrected chi connectivity index (χ2v) is 6.18. The molecule has 3 nitrogen and oxygen atoms in total. The highest BCUT2D eigenvalue weighted by molar-refractivity contribution is 9.10. The molecule has 1 aliphatic heterocycles. The maximum Gasteiger partial charge on any atom is 0.251 e. The number of aliphatic hydroxyl groups is 1. The van der Waals surface area contributed by atoms with Crippen molar-refractivity contribution in [1.29, 1.82) is 0 Å². The first kappa shape index (κ1) is 12.2. The molecule has 1 spiro atoms. The van der Waals surface area contributed by atoms with Crippen LogP contribution in [0.4, 0.5) is 0 Å². The van der Waals surface area contributed by atoms with Gasteiger partial charge in [0.25, 0.3) is 5.91 Å². The third-order valence-corrected chi connectivity index (χ3v) is 4.88. The van der Waals surface area contributed by atoms with E-state index in [2.05, 4.69) is 21.2 Å². The summed E-state index contributed by atoms with van der Waals surface area (Å²) in [7, 11) is 0. The predicted molar refractivity (Wildman–Crippen MR) is 72.5 cm³/mol. The minimum Gasteiger partial charge on any atom is -0.392 e. The van der Waals surface area contributed by atoms with E-state index >= 15 is 0 Å². The van der Waals surface area contributed by atoms with Crippen molar-refractivity contribution in [3.8, 4) is 0 Å². The number of hydrogen-bond acceptors (Lipinski definition) is 2. The number of benzene rings is 1. The summed E-state index contributed by atoms with van der Waals surface area (Å²) in [6.07, 6.45) is 4.72. The van der Waals surface area contributed by atoms with Gasteiger partial charge in [0.2, 0.25) is 0 Å². The molecular formula is C14H16BrNO2. The van der Waals surface area contributed by atoms with Crippen molar-refractivity contribution in [2.24, 2.45) is 0 Å². The van der Waals surface area contributed by atoms with Gasteiger partial charge in [-0.15, -0.1) is 0 Å². The quantitative estimate of drug-likeness (QED) is 0.837. The summed E-state index contributed by atoms with van der Waals surface area (Å²) in [4.78, 5) is 12.0. The van der Waals surface area contributed by atoms with E-state index in [4.69, 9.17) is 0 Å². The van der Waals surface area contributed by atoms with Gasteiger partial charge in [0, 0.05) is 22.0 Å².